The molecule has 142 valence electrons. The molecule has 0 N–H and O–H groups in total. The Kier molecular flexibility index (Phi) is 5.13. The van der Waals surface area contributed by atoms with Gasteiger partial charge in [0, 0.05) is 12.7 Å². The summed E-state index contributed by atoms with van der Waals surface area (Å²) in [7, 11) is 0. The van der Waals surface area contributed by atoms with Gasteiger partial charge in [-0.15, -0.1) is 5.10 Å². The highest BCUT2D eigenvalue weighted by atomic mass is 79.9. The molecule has 0 spiro atoms. The summed E-state index contributed by atoms with van der Waals surface area (Å²) in [5.41, 5.74) is 4.74. The van der Waals surface area contributed by atoms with Gasteiger partial charge in [-0.1, -0.05) is 35.9 Å². The lowest BCUT2D eigenvalue weighted by Gasteiger charge is -2.03. The Morgan fingerprint density at radius 3 is 2.54 bits per heavy atom. The molecule has 0 bridgehead atoms. The van der Waals surface area contributed by atoms with Gasteiger partial charge in [-0.05, 0) is 76.7 Å². The Balaban J connectivity index is 1.53. The van der Waals surface area contributed by atoms with E-state index >= 15 is 0 Å². The number of fused-ring (bicyclic) bond motifs is 1. The van der Waals surface area contributed by atoms with E-state index in [-0.39, 0.29) is 11.5 Å². The summed E-state index contributed by atoms with van der Waals surface area (Å²) in [5.74, 6) is -0.273. The van der Waals surface area contributed by atoms with Crippen LogP contribution >= 0.6 is 15.9 Å². The third kappa shape index (κ3) is 3.78. The first-order valence-corrected chi connectivity index (χ1v) is 9.91. The molecule has 2 heterocycles. The molecule has 4 nitrogen and oxygen atoms in total. The number of benzene rings is 2. The van der Waals surface area contributed by atoms with Gasteiger partial charge >= 0.3 is 5.69 Å². The number of hydrogen-bond acceptors (Lipinski definition) is 2. The molecule has 0 amide bonds. The maximum atomic E-state index is 13.3. The van der Waals surface area contributed by atoms with Crippen LogP contribution < -0.4 is 5.69 Å². The SMILES string of the molecule is Cc1ccc(-c2ccc3nn(CCCc4ccc(F)c(Br)c4)c(=O)n3c2)cc1. The Labute approximate surface area is 170 Å². The highest BCUT2D eigenvalue weighted by molar-refractivity contribution is 9.10. The van der Waals surface area contributed by atoms with Gasteiger partial charge in [0.2, 0.25) is 0 Å². The van der Waals surface area contributed by atoms with Gasteiger partial charge in [-0.2, -0.15) is 0 Å². The van der Waals surface area contributed by atoms with E-state index in [4.69, 9.17) is 0 Å². The van der Waals surface area contributed by atoms with E-state index in [1.54, 1.807) is 16.5 Å². The van der Waals surface area contributed by atoms with Crippen LogP contribution in [0.4, 0.5) is 4.39 Å². The van der Waals surface area contributed by atoms with Crippen molar-refractivity contribution in [2.75, 3.05) is 0 Å². The van der Waals surface area contributed by atoms with E-state index in [1.807, 2.05) is 37.4 Å². The zero-order chi connectivity index (χ0) is 19.7. The predicted molar refractivity (Wildman–Crippen MR) is 112 cm³/mol. The summed E-state index contributed by atoms with van der Waals surface area (Å²) < 4.78 is 16.9. The fraction of sp³-hybridized carbons (Fsp3) is 0.182. The fourth-order valence-electron chi connectivity index (χ4n) is 3.21. The molecule has 6 heteroatoms. The number of pyridine rings is 1. The number of halogens is 2. The van der Waals surface area contributed by atoms with Crippen LogP contribution in [0, 0.1) is 12.7 Å². The second kappa shape index (κ2) is 7.72. The van der Waals surface area contributed by atoms with Crippen molar-refractivity contribution in [1.82, 2.24) is 14.2 Å². The average molecular weight is 440 g/mol. The first-order chi connectivity index (χ1) is 13.5. The van der Waals surface area contributed by atoms with Crippen LogP contribution in [-0.2, 0) is 13.0 Å². The highest BCUT2D eigenvalue weighted by Crippen LogP contribution is 2.20. The van der Waals surface area contributed by atoms with Crippen LogP contribution in [0.15, 0.2) is 70.1 Å². The van der Waals surface area contributed by atoms with E-state index in [9.17, 15) is 9.18 Å². The molecule has 0 aliphatic heterocycles. The Bertz CT molecular complexity index is 1190. The van der Waals surface area contributed by atoms with Crippen molar-refractivity contribution in [2.24, 2.45) is 0 Å². The minimum atomic E-state index is -0.273. The molecule has 0 radical (unpaired) electrons. The smallest absolute Gasteiger partial charge is 0.250 e. The predicted octanol–water partition coefficient (Wildman–Crippen LogP) is 5.01. The summed E-state index contributed by atoms with van der Waals surface area (Å²) in [5, 5.41) is 4.42. The van der Waals surface area contributed by atoms with E-state index in [0.717, 1.165) is 29.5 Å². The molecule has 4 aromatic rings. The third-order valence-electron chi connectivity index (χ3n) is 4.78. The zero-order valence-corrected chi connectivity index (χ0v) is 17.0. The number of aromatic nitrogens is 3. The van der Waals surface area contributed by atoms with Crippen molar-refractivity contribution < 1.29 is 4.39 Å². The Morgan fingerprint density at radius 1 is 1.04 bits per heavy atom. The molecule has 0 aliphatic carbocycles. The number of rotatable bonds is 5. The van der Waals surface area contributed by atoms with Gasteiger partial charge in [-0.25, -0.2) is 18.3 Å². The van der Waals surface area contributed by atoms with Gasteiger partial charge in [0.1, 0.15) is 5.82 Å². The Hall–Kier alpha value is -2.73. The average Bonchev–Trinajstić information content (AvgIpc) is 3.00. The molecule has 0 aliphatic rings. The number of nitrogens with zero attached hydrogens (tertiary/aromatic N) is 3. The maximum Gasteiger partial charge on any atom is 0.350 e. The van der Waals surface area contributed by atoms with Crippen LogP contribution in [-0.4, -0.2) is 14.2 Å². The van der Waals surface area contributed by atoms with Crippen molar-refractivity contribution in [3.63, 3.8) is 0 Å². The van der Waals surface area contributed by atoms with Crippen LogP contribution in [0.3, 0.4) is 0 Å². The van der Waals surface area contributed by atoms with Gasteiger partial charge < -0.3 is 0 Å². The van der Waals surface area contributed by atoms with E-state index in [1.165, 1.54) is 16.3 Å². The monoisotopic (exact) mass is 439 g/mol. The topological polar surface area (TPSA) is 39.3 Å². The first-order valence-electron chi connectivity index (χ1n) is 9.11. The van der Waals surface area contributed by atoms with E-state index < -0.39 is 0 Å². The van der Waals surface area contributed by atoms with Crippen LogP contribution in [0.1, 0.15) is 17.5 Å². The minimum Gasteiger partial charge on any atom is -0.250 e. The number of hydrogen-bond donors (Lipinski definition) is 0. The molecule has 2 aromatic carbocycles. The van der Waals surface area contributed by atoms with Crippen molar-refractivity contribution >= 4 is 21.6 Å². The van der Waals surface area contributed by atoms with E-state index in [0.29, 0.717) is 16.7 Å². The van der Waals surface area contributed by atoms with Crippen molar-refractivity contribution in [1.29, 1.82) is 0 Å². The minimum absolute atomic E-state index is 0.149. The van der Waals surface area contributed by atoms with Crippen LogP contribution in [0.5, 0.6) is 0 Å². The van der Waals surface area contributed by atoms with Gasteiger partial charge in [0.05, 0.1) is 4.47 Å². The molecule has 0 atom stereocenters. The molecule has 0 saturated heterocycles. The summed E-state index contributed by atoms with van der Waals surface area (Å²) in [6.07, 6.45) is 3.32. The molecular formula is C22H19BrFN3O. The van der Waals surface area contributed by atoms with Gasteiger partial charge in [0.25, 0.3) is 0 Å². The van der Waals surface area contributed by atoms with Crippen molar-refractivity contribution in [3.05, 3.63) is 92.7 Å². The Morgan fingerprint density at radius 2 is 1.79 bits per heavy atom. The number of aryl methyl sites for hydroxylation is 3. The zero-order valence-electron chi connectivity index (χ0n) is 15.4. The summed E-state index contributed by atoms with van der Waals surface area (Å²) in [6.45, 7) is 2.56. The van der Waals surface area contributed by atoms with Crippen LogP contribution in [0.2, 0.25) is 0 Å². The van der Waals surface area contributed by atoms with E-state index in [2.05, 4.69) is 33.2 Å². The second-order valence-corrected chi connectivity index (χ2v) is 7.72. The molecule has 2 aromatic heterocycles. The molecule has 28 heavy (non-hydrogen) atoms. The third-order valence-corrected chi connectivity index (χ3v) is 5.39. The summed E-state index contributed by atoms with van der Waals surface area (Å²) >= 11 is 3.20. The first kappa shape index (κ1) is 18.6. The summed E-state index contributed by atoms with van der Waals surface area (Å²) in [4.78, 5) is 12.7. The molecule has 0 fully saturated rings. The molecule has 0 saturated carbocycles. The van der Waals surface area contributed by atoms with Crippen LogP contribution in [0.25, 0.3) is 16.8 Å². The highest BCUT2D eigenvalue weighted by Gasteiger charge is 2.09. The quantitative estimate of drug-likeness (QED) is 0.438. The fourth-order valence-corrected chi connectivity index (χ4v) is 3.64. The lowest BCUT2D eigenvalue weighted by atomic mass is 10.1. The van der Waals surface area contributed by atoms with Crippen molar-refractivity contribution in [3.8, 4) is 11.1 Å². The second-order valence-electron chi connectivity index (χ2n) is 6.87. The maximum absolute atomic E-state index is 13.3. The largest absolute Gasteiger partial charge is 0.350 e. The normalized spacial score (nSPS) is 11.2. The molecule has 4 rings (SSSR count). The van der Waals surface area contributed by atoms with Crippen molar-refractivity contribution in [2.45, 2.75) is 26.3 Å². The lowest BCUT2D eigenvalue weighted by Crippen LogP contribution is -2.21. The van der Waals surface area contributed by atoms with Gasteiger partial charge in [0.15, 0.2) is 5.65 Å². The molecule has 0 unspecified atom stereocenters. The molecular weight excluding hydrogens is 421 g/mol. The summed E-state index contributed by atoms with van der Waals surface area (Å²) in [6, 6.07) is 17.0. The standard InChI is InChI=1S/C22H19BrFN3O/c1-15-4-7-17(8-5-15)18-9-11-21-25-27(22(28)26(21)14-18)12-2-3-16-6-10-20(24)19(23)13-16/h4-11,13-14H,2-3,12H2,1H3. The van der Waals surface area contributed by atoms with Gasteiger partial charge in [-0.3, -0.25) is 0 Å². The lowest BCUT2D eigenvalue weighted by molar-refractivity contribution is 0.560.